The first-order chi connectivity index (χ1) is 14.6. The molecule has 1 heterocycles. The van der Waals surface area contributed by atoms with Gasteiger partial charge < -0.3 is 10.2 Å². The van der Waals surface area contributed by atoms with Gasteiger partial charge in [-0.25, -0.2) is 8.78 Å². The molecule has 4 nitrogen and oxygen atoms in total. The molecule has 1 fully saturated rings. The first-order valence-electron chi connectivity index (χ1n) is 10.4. The van der Waals surface area contributed by atoms with E-state index >= 15 is 0 Å². The summed E-state index contributed by atoms with van der Waals surface area (Å²) in [4.78, 5) is 17.3. The summed E-state index contributed by atoms with van der Waals surface area (Å²) in [6.45, 7) is 2.66. The molecule has 0 bridgehead atoms. The normalized spacial score (nSPS) is 27.7. The van der Waals surface area contributed by atoms with Gasteiger partial charge in [-0.1, -0.05) is 53.0 Å². The van der Waals surface area contributed by atoms with Gasteiger partial charge in [0.1, 0.15) is 0 Å². The lowest BCUT2D eigenvalue weighted by Gasteiger charge is -2.33. The molecule has 0 radical (unpaired) electrons. The number of nitrogens with zero attached hydrogens (tertiary/aromatic N) is 1. The highest BCUT2D eigenvalue weighted by Gasteiger charge is 2.58. The van der Waals surface area contributed by atoms with Crippen molar-refractivity contribution in [2.75, 3.05) is 0 Å². The predicted octanol–water partition coefficient (Wildman–Crippen LogP) is 6.18. The Morgan fingerprint density at radius 2 is 2.03 bits per heavy atom. The van der Waals surface area contributed by atoms with E-state index in [1.807, 2.05) is 19.1 Å². The third-order valence-corrected chi connectivity index (χ3v) is 6.84. The van der Waals surface area contributed by atoms with Crippen LogP contribution in [0.3, 0.4) is 0 Å². The highest BCUT2D eigenvalue weighted by Crippen LogP contribution is 2.49. The van der Waals surface area contributed by atoms with Gasteiger partial charge in [0.15, 0.2) is 0 Å². The Labute approximate surface area is 190 Å². The number of carbonyl (C=O) groups is 1. The van der Waals surface area contributed by atoms with Gasteiger partial charge in [0, 0.05) is 47.3 Å². The van der Waals surface area contributed by atoms with Crippen LogP contribution < -0.4 is 5.32 Å². The molecule has 0 aromatic heterocycles. The van der Waals surface area contributed by atoms with E-state index in [0.29, 0.717) is 12.1 Å². The van der Waals surface area contributed by atoms with Crippen LogP contribution in [0.15, 0.2) is 46.7 Å². The molecule has 1 aliphatic heterocycles. The Morgan fingerprint density at radius 3 is 2.68 bits per heavy atom. The smallest absolute Gasteiger partial charge is 0.291 e. The summed E-state index contributed by atoms with van der Waals surface area (Å²) in [7, 11) is 0. The van der Waals surface area contributed by atoms with Gasteiger partial charge in [0.05, 0.1) is 5.71 Å². The van der Waals surface area contributed by atoms with E-state index in [-0.39, 0.29) is 39.9 Å². The minimum Gasteiger partial charge on any atom is -0.377 e. The number of amides is 1. The fourth-order valence-corrected chi connectivity index (χ4v) is 5.20. The van der Waals surface area contributed by atoms with Crippen LogP contribution >= 0.6 is 23.2 Å². The van der Waals surface area contributed by atoms with Crippen molar-refractivity contribution in [3.8, 4) is 0 Å². The number of oxime groups is 1. The third kappa shape index (κ3) is 4.12. The molecule has 4 rings (SSSR count). The van der Waals surface area contributed by atoms with Crippen molar-refractivity contribution in [2.24, 2.45) is 11.1 Å². The molecule has 31 heavy (non-hydrogen) atoms. The van der Waals surface area contributed by atoms with Crippen LogP contribution in [0.5, 0.6) is 0 Å². The van der Waals surface area contributed by atoms with Crippen molar-refractivity contribution in [1.29, 1.82) is 0 Å². The van der Waals surface area contributed by atoms with Crippen LogP contribution in [0.1, 0.15) is 51.5 Å². The summed E-state index contributed by atoms with van der Waals surface area (Å²) in [5.41, 5.74) is 0.715. The van der Waals surface area contributed by atoms with Crippen LogP contribution in [0.2, 0.25) is 10.0 Å². The standard InChI is InChI=1S/C23H24Cl2F2N2O2/c1-3-21(30)28-19-7-5-13-8-14(4-6-18(13)19)20-12-23(31-29-20,22(2,26)27)15-9-16(24)11-17(25)10-15/h4,8-11,18-19H,3,5-7,12H2,1-2H3,(H,28,30). The maximum absolute atomic E-state index is 14.8. The van der Waals surface area contributed by atoms with Crippen LogP contribution in [0.4, 0.5) is 8.78 Å². The zero-order valence-corrected chi connectivity index (χ0v) is 18.9. The average molecular weight is 469 g/mol. The average Bonchev–Trinajstić information content (AvgIpc) is 3.32. The molecule has 1 amide bonds. The predicted molar refractivity (Wildman–Crippen MR) is 118 cm³/mol. The Balaban J connectivity index is 1.57. The highest BCUT2D eigenvalue weighted by atomic mass is 35.5. The quantitative estimate of drug-likeness (QED) is 0.560. The molecular formula is C23H24Cl2F2N2O2. The zero-order chi connectivity index (χ0) is 22.4. The highest BCUT2D eigenvalue weighted by molar-refractivity contribution is 6.34. The van der Waals surface area contributed by atoms with Gasteiger partial charge in [-0.3, -0.25) is 4.79 Å². The molecule has 8 heteroatoms. The molecule has 1 saturated carbocycles. The van der Waals surface area contributed by atoms with Crippen molar-refractivity contribution in [3.05, 3.63) is 57.1 Å². The van der Waals surface area contributed by atoms with Crippen LogP contribution in [-0.4, -0.2) is 23.6 Å². The van der Waals surface area contributed by atoms with Gasteiger partial charge >= 0.3 is 0 Å². The van der Waals surface area contributed by atoms with Gasteiger partial charge in [-0.05, 0) is 43.0 Å². The third-order valence-electron chi connectivity index (χ3n) is 6.41. The maximum atomic E-state index is 14.8. The first-order valence-corrected chi connectivity index (χ1v) is 11.2. The van der Waals surface area contributed by atoms with Gasteiger partial charge in [-0.2, -0.15) is 0 Å². The number of carbonyl (C=O) groups excluding carboxylic acids is 1. The molecule has 3 aliphatic rings. The lowest BCUT2D eigenvalue weighted by molar-refractivity contribution is -0.193. The van der Waals surface area contributed by atoms with Gasteiger partial charge in [-0.15, -0.1) is 0 Å². The second kappa shape index (κ2) is 8.21. The van der Waals surface area contributed by atoms with E-state index in [9.17, 15) is 13.6 Å². The number of hydrogen-bond donors (Lipinski definition) is 1. The van der Waals surface area contributed by atoms with E-state index in [4.69, 9.17) is 28.0 Å². The lowest BCUT2D eigenvalue weighted by Crippen LogP contribution is -2.43. The monoisotopic (exact) mass is 468 g/mol. The second-order valence-corrected chi connectivity index (χ2v) is 9.34. The van der Waals surface area contributed by atoms with E-state index in [0.717, 1.165) is 31.8 Å². The van der Waals surface area contributed by atoms with E-state index in [1.165, 1.54) is 23.8 Å². The Hall–Kier alpha value is -1.92. The van der Waals surface area contributed by atoms with Gasteiger partial charge in [0.2, 0.25) is 11.5 Å². The molecule has 1 N–H and O–H groups in total. The molecule has 2 aliphatic carbocycles. The fourth-order valence-electron chi connectivity index (χ4n) is 4.68. The Bertz CT molecular complexity index is 980. The Kier molecular flexibility index (Phi) is 5.90. The molecule has 1 aromatic carbocycles. The number of fused-ring (bicyclic) bond motifs is 1. The van der Waals surface area contributed by atoms with Gasteiger partial charge in [0.25, 0.3) is 5.92 Å². The number of allylic oxidation sites excluding steroid dienone is 3. The van der Waals surface area contributed by atoms with Crippen molar-refractivity contribution in [1.82, 2.24) is 5.32 Å². The molecule has 3 atom stereocenters. The van der Waals surface area contributed by atoms with Crippen molar-refractivity contribution >= 4 is 34.8 Å². The molecule has 1 aromatic rings. The SMILES string of the molecule is CCC(=O)NC1CCC2=CC(C3=NOC(c4cc(Cl)cc(Cl)c4)(C(C)(F)F)C3)=CCC21. The number of rotatable bonds is 5. The largest absolute Gasteiger partial charge is 0.377 e. The van der Waals surface area contributed by atoms with E-state index in [1.54, 1.807) is 0 Å². The summed E-state index contributed by atoms with van der Waals surface area (Å²) in [6.07, 6.45) is 6.86. The topological polar surface area (TPSA) is 50.7 Å². The fraction of sp³-hybridized carbons (Fsp3) is 0.478. The summed E-state index contributed by atoms with van der Waals surface area (Å²) in [6, 6.07) is 4.51. The minimum atomic E-state index is -3.22. The van der Waals surface area contributed by atoms with Crippen LogP contribution in [0.25, 0.3) is 0 Å². The number of benzene rings is 1. The summed E-state index contributed by atoms with van der Waals surface area (Å²) >= 11 is 12.1. The van der Waals surface area contributed by atoms with E-state index in [2.05, 4.69) is 10.5 Å². The zero-order valence-electron chi connectivity index (χ0n) is 17.4. The molecule has 166 valence electrons. The lowest BCUT2D eigenvalue weighted by atomic mass is 9.80. The number of alkyl halides is 2. The number of hydrogen-bond acceptors (Lipinski definition) is 3. The van der Waals surface area contributed by atoms with E-state index < -0.39 is 11.5 Å². The molecule has 0 saturated heterocycles. The Morgan fingerprint density at radius 1 is 1.32 bits per heavy atom. The van der Waals surface area contributed by atoms with Crippen LogP contribution in [0, 0.1) is 5.92 Å². The minimum absolute atomic E-state index is 0.0461. The summed E-state index contributed by atoms with van der Waals surface area (Å²) in [5.74, 6) is -2.93. The summed E-state index contributed by atoms with van der Waals surface area (Å²) < 4.78 is 29.7. The van der Waals surface area contributed by atoms with Crippen molar-refractivity contribution in [3.63, 3.8) is 0 Å². The second-order valence-electron chi connectivity index (χ2n) is 8.47. The number of nitrogens with one attached hydrogen (secondary N) is 1. The summed E-state index contributed by atoms with van der Waals surface area (Å²) in [5, 5.41) is 7.69. The molecule has 3 unspecified atom stereocenters. The molecular weight excluding hydrogens is 445 g/mol. The number of halogens is 4. The van der Waals surface area contributed by atoms with Crippen LogP contribution in [-0.2, 0) is 15.2 Å². The first kappa shape index (κ1) is 22.3. The maximum Gasteiger partial charge on any atom is 0.291 e. The van der Waals surface area contributed by atoms with Crippen molar-refractivity contribution < 1.29 is 18.4 Å². The van der Waals surface area contributed by atoms with Crippen molar-refractivity contribution in [2.45, 2.75) is 63.5 Å². The molecule has 0 spiro atoms.